The number of Topliss-reactive ketones (excluding diaryl/α,β-unsaturated/α-hetero) is 1. The molecule has 0 bridgehead atoms. The molecular weight excluding hydrogens is 392 g/mol. The number of carbonyl (C=O) groups is 1. The van der Waals surface area contributed by atoms with E-state index in [0.29, 0.717) is 12.8 Å². The minimum absolute atomic E-state index is 0.141. The summed E-state index contributed by atoms with van der Waals surface area (Å²) in [6, 6.07) is 10.4. The third kappa shape index (κ3) is 6.44. The van der Waals surface area contributed by atoms with Crippen molar-refractivity contribution in [1.29, 1.82) is 0 Å². The number of rotatable bonds is 6. The van der Waals surface area contributed by atoms with Gasteiger partial charge in [-0.3, -0.25) is 4.79 Å². The molecule has 0 N–H and O–H groups in total. The second-order valence-corrected chi connectivity index (χ2v) is 18.9. The molecule has 3 nitrogen and oxygen atoms in total. The average Bonchev–Trinajstić information content (AvgIpc) is 2.72. The monoisotopic (exact) mass is 430 g/mol. The lowest BCUT2D eigenvalue weighted by atomic mass is 9.91. The maximum absolute atomic E-state index is 12.5. The fourth-order valence-corrected chi connectivity index (χ4v) is 5.90. The summed E-state index contributed by atoms with van der Waals surface area (Å²) >= 11 is 0. The Bertz CT molecular complexity index is 758. The molecule has 0 amide bonds. The molecule has 1 aromatic carbocycles. The molecule has 1 aromatic rings. The predicted molar refractivity (Wildman–Crippen MR) is 127 cm³/mol. The minimum Gasteiger partial charge on any atom is -0.549 e. The van der Waals surface area contributed by atoms with E-state index >= 15 is 0 Å². The van der Waals surface area contributed by atoms with Crippen molar-refractivity contribution in [2.45, 2.75) is 71.8 Å². The molecule has 0 radical (unpaired) electrons. The number of carbonyl (C=O) groups excluding carboxylic acids is 1. The van der Waals surface area contributed by atoms with Crippen LogP contribution in [-0.2, 0) is 13.6 Å². The summed E-state index contributed by atoms with van der Waals surface area (Å²) in [7, 11) is -3.96. The average molecular weight is 431 g/mol. The van der Waals surface area contributed by atoms with Gasteiger partial charge in [0.1, 0.15) is 5.78 Å². The second-order valence-electron chi connectivity index (χ2n) is 10.3. The Morgan fingerprint density at radius 3 is 2.28 bits per heavy atom. The molecule has 0 aromatic heterocycles. The lowest BCUT2D eigenvalue weighted by Crippen LogP contribution is -2.44. The van der Waals surface area contributed by atoms with Crippen molar-refractivity contribution in [3.05, 3.63) is 54.5 Å². The standard InChI is InChI=1S/C24H38O3Si2/c1-19-16-21(25)18-22(27-28(5,6)23-12-10-9-11-13-23)17-20(19)14-15-26-29(7,8)24(2,3)4/h9-15,17,19-20H,16,18H2,1-8H3/b15-14+/t19-,20+/m1/s1. The van der Waals surface area contributed by atoms with Crippen molar-refractivity contribution in [3.63, 3.8) is 0 Å². The van der Waals surface area contributed by atoms with E-state index in [4.69, 9.17) is 8.85 Å². The first-order valence-corrected chi connectivity index (χ1v) is 16.4. The highest BCUT2D eigenvalue weighted by Gasteiger charge is 2.38. The van der Waals surface area contributed by atoms with Crippen LogP contribution in [0.4, 0.5) is 0 Å². The molecule has 29 heavy (non-hydrogen) atoms. The van der Waals surface area contributed by atoms with Gasteiger partial charge in [-0.25, -0.2) is 0 Å². The molecule has 0 spiro atoms. The van der Waals surface area contributed by atoms with Crippen LogP contribution in [0.5, 0.6) is 0 Å². The van der Waals surface area contributed by atoms with Crippen molar-refractivity contribution in [2.24, 2.45) is 11.8 Å². The van der Waals surface area contributed by atoms with E-state index in [0.717, 1.165) is 5.76 Å². The Kier molecular flexibility index (Phi) is 7.39. The third-order valence-electron chi connectivity index (χ3n) is 6.28. The van der Waals surface area contributed by atoms with Crippen LogP contribution in [0.25, 0.3) is 0 Å². The lowest BCUT2D eigenvalue weighted by Gasteiger charge is -2.35. The van der Waals surface area contributed by atoms with Gasteiger partial charge in [-0.15, -0.1) is 0 Å². The Balaban J connectivity index is 2.21. The molecule has 160 valence electrons. The van der Waals surface area contributed by atoms with Gasteiger partial charge >= 0.3 is 0 Å². The van der Waals surface area contributed by atoms with Crippen molar-refractivity contribution >= 4 is 27.6 Å². The summed E-state index contributed by atoms with van der Waals surface area (Å²) in [6.45, 7) is 17.7. The zero-order valence-corrected chi connectivity index (χ0v) is 21.4. The summed E-state index contributed by atoms with van der Waals surface area (Å²) in [4.78, 5) is 12.5. The van der Waals surface area contributed by atoms with E-state index in [9.17, 15) is 4.79 Å². The van der Waals surface area contributed by atoms with E-state index in [1.165, 1.54) is 5.19 Å². The van der Waals surface area contributed by atoms with E-state index < -0.39 is 16.6 Å². The minimum atomic E-state index is -2.13. The van der Waals surface area contributed by atoms with Crippen LogP contribution >= 0.6 is 0 Å². The summed E-state index contributed by atoms with van der Waals surface area (Å²) in [5.41, 5.74) is 0. The smallest absolute Gasteiger partial charge is 0.276 e. The van der Waals surface area contributed by atoms with Crippen LogP contribution < -0.4 is 5.19 Å². The molecule has 1 aliphatic rings. The molecule has 2 atom stereocenters. The van der Waals surface area contributed by atoms with Crippen LogP contribution in [-0.4, -0.2) is 22.4 Å². The van der Waals surface area contributed by atoms with Gasteiger partial charge in [-0.1, -0.05) is 58.0 Å². The molecule has 0 saturated heterocycles. The largest absolute Gasteiger partial charge is 0.549 e. The van der Waals surface area contributed by atoms with Gasteiger partial charge in [0.25, 0.3) is 8.32 Å². The van der Waals surface area contributed by atoms with Gasteiger partial charge in [0.05, 0.1) is 18.4 Å². The fourth-order valence-electron chi connectivity index (χ4n) is 3.22. The van der Waals surface area contributed by atoms with Gasteiger partial charge in [-0.2, -0.15) is 0 Å². The summed E-state index contributed by atoms with van der Waals surface area (Å²) in [5, 5.41) is 1.40. The topological polar surface area (TPSA) is 35.5 Å². The summed E-state index contributed by atoms with van der Waals surface area (Å²) in [5.74, 6) is 1.45. The van der Waals surface area contributed by atoms with Crippen molar-refractivity contribution in [3.8, 4) is 0 Å². The number of benzene rings is 1. The first-order chi connectivity index (χ1) is 13.3. The zero-order valence-electron chi connectivity index (χ0n) is 19.4. The Hall–Kier alpha value is -1.60. The van der Waals surface area contributed by atoms with Crippen molar-refractivity contribution in [2.75, 3.05) is 0 Å². The zero-order chi connectivity index (χ0) is 21.9. The molecule has 0 unspecified atom stereocenters. The Morgan fingerprint density at radius 2 is 1.69 bits per heavy atom. The molecule has 0 aliphatic heterocycles. The highest BCUT2D eigenvalue weighted by Crippen LogP contribution is 2.37. The number of hydrogen-bond acceptors (Lipinski definition) is 3. The fraction of sp³-hybridized carbons (Fsp3) is 0.542. The molecule has 0 heterocycles. The van der Waals surface area contributed by atoms with E-state index in [2.05, 4.69) is 78.2 Å². The van der Waals surface area contributed by atoms with Gasteiger partial charge in [0.15, 0.2) is 0 Å². The van der Waals surface area contributed by atoms with E-state index in [1.807, 2.05) is 24.5 Å². The predicted octanol–water partition coefficient (Wildman–Crippen LogP) is 6.15. The highest BCUT2D eigenvalue weighted by molar-refractivity contribution is 6.84. The molecule has 5 heteroatoms. The molecule has 1 aliphatic carbocycles. The van der Waals surface area contributed by atoms with Gasteiger partial charge < -0.3 is 8.85 Å². The molecule has 0 fully saturated rings. The Labute approximate surface area is 179 Å². The van der Waals surface area contributed by atoms with E-state index in [1.54, 1.807) is 0 Å². The van der Waals surface area contributed by atoms with Crippen molar-refractivity contribution in [1.82, 2.24) is 0 Å². The van der Waals surface area contributed by atoms with Gasteiger partial charge in [0.2, 0.25) is 8.32 Å². The van der Waals surface area contributed by atoms with Crippen molar-refractivity contribution < 1.29 is 13.6 Å². The number of hydrogen-bond donors (Lipinski definition) is 0. The SMILES string of the molecule is C[C@@H]1CC(=O)CC(O[Si](C)(C)c2ccccc2)=C[C@@H]1/C=C/O[Si](C)(C)C(C)(C)C. The molecular formula is C24H38O3Si2. The van der Waals surface area contributed by atoms with Gasteiger partial charge in [0, 0.05) is 12.3 Å². The maximum Gasteiger partial charge on any atom is 0.276 e. The van der Waals surface area contributed by atoms with Crippen LogP contribution in [0.15, 0.2) is 54.5 Å². The normalized spacial score (nSPS) is 21.7. The molecule has 0 saturated carbocycles. The Morgan fingerprint density at radius 1 is 1.07 bits per heavy atom. The van der Waals surface area contributed by atoms with Gasteiger partial charge in [-0.05, 0) is 54.5 Å². The first kappa shape index (κ1) is 23.7. The third-order valence-corrected chi connectivity index (χ3v) is 13.1. The van der Waals surface area contributed by atoms with Crippen LogP contribution in [0.1, 0.15) is 40.5 Å². The summed E-state index contributed by atoms with van der Waals surface area (Å²) < 4.78 is 12.7. The van der Waals surface area contributed by atoms with E-state index in [-0.39, 0.29) is 22.7 Å². The van der Waals surface area contributed by atoms with Crippen LogP contribution in [0, 0.1) is 11.8 Å². The van der Waals surface area contributed by atoms with Crippen LogP contribution in [0.3, 0.4) is 0 Å². The summed E-state index contributed by atoms with van der Waals surface area (Å²) in [6.07, 6.45) is 7.11. The second kappa shape index (κ2) is 9.04. The quantitative estimate of drug-likeness (QED) is 0.401. The highest BCUT2D eigenvalue weighted by atomic mass is 28.4. The first-order valence-electron chi connectivity index (χ1n) is 10.6. The lowest BCUT2D eigenvalue weighted by molar-refractivity contribution is -0.119. The number of ketones is 1. The van der Waals surface area contributed by atoms with Crippen LogP contribution in [0.2, 0.25) is 31.2 Å². The maximum atomic E-state index is 12.5. The molecule has 2 rings (SSSR count). The number of allylic oxidation sites excluding steroid dienone is 3.